The highest BCUT2D eigenvalue weighted by atomic mass is 16.2. The Morgan fingerprint density at radius 3 is 2.71 bits per heavy atom. The van der Waals surface area contributed by atoms with Gasteiger partial charge in [0.1, 0.15) is 6.54 Å². The Morgan fingerprint density at radius 2 is 1.95 bits per heavy atom. The van der Waals surface area contributed by atoms with E-state index in [1.54, 1.807) is 6.07 Å². The van der Waals surface area contributed by atoms with E-state index in [2.05, 4.69) is 15.4 Å². The van der Waals surface area contributed by atoms with Crippen molar-refractivity contribution in [3.8, 4) is 11.4 Å². The van der Waals surface area contributed by atoms with Crippen LogP contribution in [-0.4, -0.2) is 44.1 Å². The Hall–Kier alpha value is -2.44. The van der Waals surface area contributed by atoms with Crippen molar-refractivity contribution in [1.29, 1.82) is 0 Å². The van der Waals surface area contributed by atoms with Gasteiger partial charge < -0.3 is 10.6 Å². The van der Waals surface area contributed by atoms with Crippen molar-refractivity contribution in [2.45, 2.75) is 25.8 Å². The second kappa shape index (κ2) is 5.90. The molecule has 0 unspecified atom stereocenters. The van der Waals surface area contributed by atoms with Crippen molar-refractivity contribution in [3.63, 3.8) is 0 Å². The van der Waals surface area contributed by atoms with Crippen LogP contribution in [0.5, 0.6) is 0 Å². The largest absolute Gasteiger partial charge is 0.398 e. The van der Waals surface area contributed by atoms with Crippen LogP contribution in [0.4, 0.5) is 5.69 Å². The smallest absolute Gasteiger partial charge is 0.246 e. The highest BCUT2D eigenvalue weighted by molar-refractivity contribution is 5.76. The van der Waals surface area contributed by atoms with Crippen molar-refractivity contribution < 1.29 is 4.79 Å². The minimum Gasteiger partial charge on any atom is -0.398 e. The normalized spacial score (nSPS) is 15.1. The summed E-state index contributed by atoms with van der Waals surface area (Å²) in [7, 11) is 0. The molecular weight excluding hydrogens is 268 g/mol. The molecular formula is C14H18N6O. The fourth-order valence-corrected chi connectivity index (χ4v) is 2.48. The van der Waals surface area contributed by atoms with Gasteiger partial charge in [-0.05, 0) is 36.6 Å². The molecule has 2 aromatic rings. The molecule has 3 rings (SSSR count). The summed E-state index contributed by atoms with van der Waals surface area (Å²) >= 11 is 0. The zero-order chi connectivity index (χ0) is 14.7. The summed E-state index contributed by atoms with van der Waals surface area (Å²) < 4.78 is 0. The number of carbonyl (C=O) groups excluding carboxylic acids is 1. The predicted molar refractivity (Wildman–Crippen MR) is 78.1 cm³/mol. The molecule has 0 radical (unpaired) electrons. The molecule has 1 fully saturated rings. The molecule has 0 aliphatic carbocycles. The van der Waals surface area contributed by atoms with Crippen molar-refractivity contribution >= 4 is 11.6 Å². The monoisotopic (exact) mass is 286 g/mol. The number of piperidine rings is 1. The molecule has 7 nitrogen and oxygen atoms in total. The van der Waals surface area contributed by atoms with Gasteiger partial charge in [-0.1, -0.05) is 12.1 Å². The number of aromatic nitrogens is 4. The van der Waals surface area contributed by atoms with E-state index in [1.807, 2.05) is 23.1 Å². The van der Waals surface area contributed by atoms with Gasteiger partial charge in [-0.3, -0.25) is 4.79 Å². The lowest BCUT2D eigenvalue weighted by atomic mass is 10.1. The van der Waals surface area contributed by atoms with Crippen LogP contribution >= 0.6 is 0 Å². The number of nitrogens with two attached hydrogens (primary N) is 1. The lowest BCUT2D eigenvalue weighted by Crippen LogP contribution is -2.38. The van der Waals surface area contributed by atoms with Crippen molar-refractivity contribution in [2.24, 2.45) is 0 Å². The molecule has 1 aromatic heterocycles. The maximum absolute atomic E-state index is 12.2. The summed E-state index contributed by atoms with van der Waals surface area (Å²) in [5.41, 5.74) is 7.22. The zero-order valence-electron chi connectivity index (χ0n) is 11.8. The van der Waals surface area contributed by atoms with Crippen LogP contribution < -0.4 is 5.73 Å². The average molecular weight is 286 g/mol. The number of carbonyl (C=O) groups is 1. The van der Waals surface area contributed by atoms with Crippen LogP contribution in [0.3, 0.4) is 0 Å². The first-order chi connectivity index (χ1) is 10.2. The summed E-state index contributed by atoms with van der Waals surface area (Å²) in [5, 5.41) is 12.2. The maximum atomic E-state index is 12.2. The van der Waals surface area contributed by atoms with Gasteiger partial charge in [-0.2, -0.15) is 4.80 Å². The number of para-hydroxylation sites is 1. The number of nitrogens with zero attached hydrogens (tertiary/aromatic N) is 5. The van der Waals surface area contributed by atoms with Crippen LogP contribution in [0, 0.1) is 0 Å². The van der Waals surface area contributed by atoms with E-state index in [0.29, 0.717) is 11.5 Å². The number of nitrogen functional groups attached to an aromatic ring is 1. The van der Waals surface area contributed by atoms with Crippen molar-refractivity contribution in [1.82, 2.24) is 25.1 Å². The average Bonchev–Trinajstić information content (AvgIpc) is 2.97. The molecule has 1 aliphatic rings. The second-order valence-corrected chi connectivity index (χ2v) is 5.17. The van der Waals surface area contributed by atoms with Gasteiger partial charge in [-0.15, -0.1) is 10.2 Å². The van der Waals surface area contributed by atoms with Gasteiger partial charge in [0, 0.05) is 24.3 Å². The van der Waals surface area contributed by atoms with Crippen molar-refractivity contribution in [2.75, 3.05) is 18.8 Å². The van der Waals surface area contributed by atoms with E-state index in [4.69, 9.17) is 5.73 Å². The predicted octanol–water partition coefficient (Wildman–Crippen LogP) is 0.935. The summed E-state index contributed by atoms with van der Waals surface area (Å²) in [4.78, 5) is 15.3. The number of rotatable bonds is 3. The molecule has 1 saturated heterocycles. The summed E-state index contributed by atoms with van der Waals surface area (Å²) in [6.07, 6.45) is 3.34. The molecule has 1 aromatic carbocycles. The topological polar surface area (TPSA) is 89.9 Å². The molecule has 7 heteroatoms. The maximum Gasteiger partial charge on any atom is 0.246 e. The molecule has 21 heavy (non-hydrogen) atoms. The fraction of sp³-hybridized carbons (Fsp3) is 0.429. The highest BCUT2D eigenvalue weighted by Crippen LogP contribution is 2.20. The van der Waals surface area contributed by atoms with Gasteiger partial charge in [0.25, 0.3) is 0 Å². The van der Waals surface area contributed by atoms with Crippen LogP contribution in [0.1, 0.15) is 19.3 Å². The van der Waals surface area contributed by atoms with E-state index in [9.17, 15) is 4.79 Å². The molecule has 0 atom stereocenters. The molecule has 2 N–H and O–H groups in total. The first-order valence-corrected chi connectivity index (χ1v) is 7.14. The first-order valence-electron chi connectivity index (χ1n) is 7.14. The van der Waals surface area contributed by atoms with Gasteiger partial charge in [0.05, 0.1) is 0 Å². The molecule has 1 aliphatic heterocycles. The van der Waals surface area contributed by atoms with E-state index in [0.717, 1.165) is 31.5 Å². The number of hydrogen-bond acceptors (Lipinski definition) is 5. The van der Waals surface area contributed by atoms with Crippen LogP contribution in [-0.2, 0) is 11.3 Å². The van der Waals surface area contributed by atoms with E-state index >= 15 is 0 Å². The van der Waals surface area contributed by atoms with Gasteiger partial charge >= 0.3 is 0 Å². The Labute approximate surface area is 122 Å². The third-order valence-electron chi connectivity index (χ3n) is 3.64. The standard InChI is InChI=1S/C14H18N6O/c15-12-7-3-2-6-11(12)14-16-18-20(17-14)10-13(21)19-8-4-1-5-9-19/h2-3,6-7H,1,4-5,8-10,15H2. The lowest BCUT2D eigenvalue weighted by molar-refractivity contribution is -0.133. The fourth-order valence-electron chi connectivity index (χ4n) is 2.48. The lowest BCUT2D eigenvalue weighted by Gasteiger charge is -2.26. The van der Waals surface area contributed by atoms with Gasteiger partial charge in [-0.25, -0.2) is 0 Å². The molecule has 110 valence electrons. The number of tetrazole rings is 1. The third-order valence-corrected chi connectivity index (χ3v) is 3.64. The number of benzene rings is 1. The molecule has 2 heterocycles. The Bertz CT molecular complexity index is 632. The number of amides is 1. The van der Waals surface area contributed by atoms with Gasteiger partial charge in [0.2, 0.25) is 11.7 Å². The SMILES string of the molecule is Nc1ccccc1-c1nnn(CC(=O)N2CCCCC2)n1. The van der Waals surface area contributed by atoms with Crippen LogP contribution in [0.2, 0.25) is 0 Å². The zero-order valence-corrected chi connectivity index (χ0v) is 11.8. The summed E-state index contributed by atoms with van der Waals surface area (Å²) in [5.74, 6) is 0.485. The number of anilines is 1. The van der Waals surface area contributed by atoms with E-state index < -0.39 is 0 Å². The molecule has 0 spiro atoms. The van der Waals surface area contributed by atoms with E-state index in [-0.39, 0.29) is 12.5 Å². The Morgan fingerprint density at radius 1 is 1.19 bits per heavy atom. The highest BCUT2D eigenvalue weighted by Gasteiger charge is 2.18. The quantitative estimate of drug-likeness (QED) is 0.848. The summed E-state index contributed by atoms with van der Waals surface area (Å²) in [6, 6.07) is 7.34. The first kappa shape index (κ1) is 13.5. The minimum absolute atomic E-state index is 0.0414. The Balaban J connectivity index is 1.70. The van der Waals surface area contributed by atoms with Crippen LogP contribution in [0.25, 0.3) is 11.4 Å². The minimum atomic E-state index is 0.0414. The van der Waals surface area contributed by atoms with E-state index in [1.165, 1.54) is 11.2 Å². The van der Waals surface area contributed by atoms with Gasteiger partial charge in [0.15, 0.2) is 0 Å². The molecule has 0 saturated carbocycles. The second-order valence-electron chi connectivity index (χ2n) is 5.17. The number of likely N-dealkylation sites (tertiary alicyclic amines) is 1. The molecule has 1 amide bonds. The van der Waals surface area contributed by atoms with Crippen molar-refractivity contribution in [3.05, 3.63) is 24.3 Å². The van der Waals surface area contributed by atoms with Crippen LogP contribution in [0.15, 0.2) is 24.3 Å². The summed E-state index contributed by atoms with van der Waals surface area (Å²) in [6.45, 7) is 1.78. The molecule has 0 bridgehead atoms. The number of hydrogen-bond donors (Lipinski definition) is 1. The Kier molecular flexibility index (Phi) is 3.81. The third kappa shape index (κ3) is 3.01.